The minimum absolute atomic E-state index is 0.137. The highest BCUT2D eigenvalue weighted by Gasteiger charge is 2.20. The molecular formula is C18H13BrN4O2S2. The van der Waals surface area contributed by atoms with Crippen LogP contribution in [0.2, 0.25) is 0 Å². The molecule has 9 heteroatoms. The summed E-state index contributed by atoms with van der Waals surface area (Å²) in [5.74, 6) is 0.457. The second kappa shape index (κ2) is 7.26. The lowest BCUT2D eigenvalue weighted by atomic mass is 10.3. The molecule has 2 aromatic heterocycles. The summed E-state index contributed by atoms with van der Waals surface area (Å²) in [7, 11) is -3.75. The molecule has 2 heterocycles. The Bertz CT molecular complexity index is 1210. The van der Waals surface area contributed by atoms with Crippen LogP contribution in [0.4, 0.5) is 17.3 Å². The van der Waals surface area contributed by atoms with Crippen molar-refractivity contribution in [3.63, 3.8) is 0 Å². The third-order valence-electron chi connectivity index (χ3n) is 3.69. The number of hydrogen-bond acceptors (Lipinski definition) is 6. The van der Waals surface area contributed by atoms with E-state index in [1.54, 1.807) is 23.6 Å². The Morgan fingerprint density at radius 2 is 1.52 bits per heavy atom. The van der Waals surface area contributed by atoms with Crippen LogP contribution in [0.3, 0.4) is 0 Å². The molecule has 136 valence electrons. The molecule has 2 aromatic carbocycles. The average molecular weight is 461 g/mol. The van der Waals surface area contributed by atoms with Crippen molar-refractivity contribution >= 4 is 65.6 Å². The summed E-state index contributed by atoms with van der Waals surface area (Å²) in [6, 6.07) is 18.0. The number of nitrogens with zero attached hydrogens (tertiary/aromatic N) is 2. The van der Waals surface area contributed by atoms with Gasteiger partial charge in [-0.1, -0.05) is 30.3 Å². The Kier molecular flexibility index (Phi) is 4.81. The van der Waals surface area contributed by atoms with Crippen LogP contribution in [0.5, 0.6) is 0 Å². The summed E-state index contributed by atoms with van der Waals surface area (Å²) < 4.78 is 28.9. The number of hydrogen-bond donors (Lipinski definition) is 2. The molecule has 0 spiro atoms. The van der Waals surface area contributed by atoms with Crippen molar-refractivity contribution in [3.8, 4) is 0 Å². The van der Waals surface area contributed by atoms with E-state index in [0.29, 0.717) is 16.9 Å². The molecule has 0 aliphatic heterocycles. The highest BCUT2D eigenvalue weighted by atomic mass is 79.9. The molecular weight excluding hydrogens is 448 g/mol. The lowest BCUT2D eigenvalue weighted by Gasteiger charge is -2.14. The van der Waals surface area contributed by atoms with Crippen LogP contribution >= 0.6 is 27.3 Å². The van der Waals surface area contributed by atoms with Gasteiger partial charge in [-0.3, -0.25) is 4.72 Å². The van der Waals surface area contributed by atoms with Crippen LogP contribution < -0.4 is 10.0 Å². The average Bonchev–Trinajstić information content (AvgIpc) is 3.19. The minimum Gasteiger partial charge on any atom is -0.336 e. The van der Waals surface area contributed by atoms with E-state index in [9.17, 15) is 8.42 Å². The van der Waals surface area contributed by atoms with Gasteiger partial charge in [0.1, 0.15) is 4.21 Å². The first kappa shape index (κ1) is 17.9. The molecule has 0 radical (unpaired) electrons. The van der Waals surface area contributed by atoms with Gasteiger partial charge in [0.05, 0.1) is 16.7 Å². The summed E-state index contributed by atoms with van der Waals surface area (Å²) in [4.78, 5) is 9.03. The number of thiophene rings is 1. The lowest BCUT2D eigenvalue weighted by molar-refractivity contribution is 0.603. The third kappa shape index (κ3) is 3.80. The Hall–Kier alpha value is -2.49. The van der Waals surface area contributed by atoms with Crippen molar-refractivity contribution < 1.29 is 8.42 Å². The zero-order chi connectivity index (χ0) is 18.9. The molecule has 4 aromatic rings. The van der Waals surface area contributed by atoms with Crippen molar-refractivity contribution in [2.24, 2.45) is 0 Å². The van der Waals surface area contributed by atoms with Crippen LogP contribution in [-0.2, 0) is 10.0 Å². The molecule has 0 unspecified atom stereocenters. The highest BCUT2D eigenvalue weighted by molar-refractivity contribution is 9.10. The molecule has 0 fully saturated rings. The van der Waals surface area contributed by atoms with E-state index in [1.807, 2.05) is 42.5 Å². The van der Waals surface area contributed by atoms with Crippen molar-refractivity contribution in [2.75, 3.05) is 10.0 Å². The second-order valence-electron chi connectivity index (χ2n) is 5.55. The number of sulfonamides is 1. The maximum Gasteiger partial charge on any atom is 0.272 e. The number of benzene rings is 2. The Morgan fingerprint density at radius 1 is 0.852 bits per heavy atom. The van der Waals surface area contributed by atoms with Gasteiger partial charge in [-0.25, -0.2) is 18.4 Å². The van der Waals surface area contributed by atoms with Crippen molar-refractivity contribution in [3.05, 3.63) is 70.5 Å². The summed E-state index contributed by atoms with van der Waals surface area (Å²) in [6.07, 6.45) is 0. The fourth-order valence-corrected chi connectivity index (χ4v) is 4.83. The number of rotatable bonds is 5. The number of nitrogens with one attached hydrogen (secondary N) is 2. The van der Waals surface area contributed by atoms with Crippen LogP contribution in [-0.4, -0.2) is 18.4 Å². The summed E-state index contributed by atoms with van der Waals surface area (Å²) in [5, 5.41) is 4.87. The van der Waals surface area contributed by atoms with Gasteiger partial charge in [0, 0.05) is 4.47 Å². The maximum absolute atomic E-state index is 12.7. The van der Waals surface area contributed by atoms with E-state index in [0.717, 1.165) is 21.5 Å². The summed E-state index contributed by atoms with van der Waals surface area (Å²) in [5.41, 5.74) is 2.00. The fourth-order valence-electron chi connectivity index (χ4n) is 2.44. The molecule has 0 aliphatic rings. The van der Waals surface area contributed by atoms with Gasteiger partial charge >= 0.3 is 0 Å². The molecule has 4 rings (SSSR count). The zero-order valence-corrected chi connectivity index (χ0v) is 17.0. The molecule has 0 aliphatic carbocycles. The Balaban J connectivity index is 1.81. The smallest absolute Gasteiger partial charge is 0.272 e. The molecule has 0 saturated heterocycles. The predicted octanol–water partition coefficient (Wildman–Crippen LogP) is 5.00. The summed E-state index contributed by atoms with van der Waals surface area (Å²) >= 11 is 4.61. The van der Waals surface area contributed by atoms with Crippen LogP contribution in [0.25, 0.3) is 11.0 Å². The molecule has 27 heavy (non-hydrogen) atoms. The molecule has 0 amide bonds. The largest absolute Gasteiger partial charge is 0.336 e. The first-order valence-corrected chi connectivity index (χ1v) is 11.0. The highest BCUT2D eigenvalue weighted by Crippen LogP contribution is 2.30. The van der Waals surface area contributed by atoms with Gasteiger partial charge in [0.2, 0.25) is 0 Å². The normalized spacial score (nSPS) is 11.4. The van der Waals surface area contributed by atoms with Gasteiger partial charge in [0.15, 0.2) is 11.6 Å². The van der Waals surface area contributed by atoms with Gasteiger partial charge in [0.25, 0.3) is 10.0 Å². The summed E-state index contributed by atoms with van der Waals surface area (Å²) in [6.45, 7) is 0. The lowest BCUT2D eigenvalue weighted by Crippen LogP contribution is -2.15. The fraction of sp³-hybridized carbons (Fsp3) is 0. The van der Waals surface area contributed by atoms with E-state index in [-0.39, 0.29) is 10.0 Å². The third-order valence-corrected chi connectivity index (χ3v) is 7.12. The molecule has 2 N–H and O–H groups in total. The zero-order valence-electron chi connectivity index (χ0n) is 13.8. The second-order valence-corrected chi connectivity index (χ2v) is 9.26. The van der Waals surface area contributed by atoms with E-state index in [2.05, 4.69) is 35.9 Å². The Labute approximate surface area is 168 Å². The standard InChI is InChI=1S/C18H13BrN4O2S2/c19-12-6-1-2-7-13(12)20-17-18(22-15-9-4-3-8-14(15)21-17)23-27(24,25)16-10-5-11-26-16/h1-11H,(H,20,21)(H,22,23). The maximum atomic E-state index is 12.7. The van der Waals surface area contributed by atoms with E-state index >= 15 is 0 Å². The SMILES string of the molecule is O=S(=O)(Nc1nc2ccccc2nc1Nc1ccccc1Br)c1cccs1. The van der Waals surface area contributed by atoms with Gasteiger partial charge in [-0.05, 0) is 51.6 Å². The molecule has 6 nitrogen and oxygen atoms in total. The van der Waals surface area contributed by atoms with Crippen LogP contribution in [0.15, 0.2) is 74.7 Å². The Morgan fingerprint density at radius 3 is 2.19 bits per heavy atom. The van der Waals surface area contributed by atoms with E-state index in [4.69, 9.17) is 0 Å². The molecule has 0 bridgehead atoms. The van der Waals surface area contributed by atoms with E-state index in [1.165, 1.54) is 0 Å². The monoisotopic (exact) mass is 460 g/mol. The quantitative estimate of drug-likeness (QED) is 0.437. The number of aromatic nitrogens is 2. The first-order chi connectivity index (χ1) is 13.0. The van der Waals surface area contributed by atoms with Crippen LogP contribution in [0.1, 0.15) is 0 Å². The minimum atomic E-state index is -3.75. The van der Waals surface area contributed by atoms with Crippen molar-refractivity contribution in [2.45, 2.75) is 4.21 Å². The van der Waals surface area contributed by atoms with Crippen LogP contribution in [0, 0.1) is 0 Å². The van der Waals surface area contributed by atoms with Gasteiger partial charge in [-0.2, -0.15) is 0 Å². The van der Waals surface area contributed by atoms with Crippen molar-refractivity contribution in [1.29, 1.82) is 0 Å². The number of anilines is 3. The predicted molar refractivity (Wildman–Crippen MR) is 112 cm³/mol. The van der Waals surface area contributed by atoms with E-state index < -0.39 is 10.0 Å². The number of para-hydroxylation sites is 3. The number of halogens is 1. The number of fused-ring (bicyclic) bond motifs is 1. The van der Waals surface area contributed by atoms with Crippen molar-refractivity contribution in [1.82, 2.24) is 9.97 Å². The van der Waals surface area contributed by atoms with Gasteiger partial charge < -0.3 is 5.32 Å². The molecule has 0 saturated carbocycles. The molecule has 0 atom stereocenters. The topological polar surface area (TPSA) is 84.0 Å². The first-order valence-electron chi connectivity index (χ1n) is 7.87. The van der Waals surface area contributed by atoms with Gasteiger partial charge in [-0.15, -0.1) is 11.3 Å².